The zero-order chi connectivity index (χ0) is 13.5. The van der Waals surface area contributed by atoms with Gasteiger partial charge in [0.15, 0.2) is 0 Å². The van der Waals surface area contributed by atoms with Crippen molar-refractivity contribution in [3.8, 4) is 0 Å². The summed E-state index contributed by atoms with van der Waals surface area (Å²) in [5, 5.41) is 2.96. The average molecular weight is 261 g/mol. The van der Waals surface area contributed by atoms with Crippen molar-refractivity contribution in [1.29, 1.82) is 0 Å². The van der Waals surface area contributed by atoms with E-state index in [4.69, 9.17) is 4.74 Å². The summed E-state index contributed by atoms with van der Waals surface area (Å²) in [6.07, 6.45) is 6.05. The largest absolute Gasteiger partial charge is 0.445 e. The van der Waals surface area contributed by atoms with Gasteiger partial charge >= 0.3 is 6.09 Å². The van der Waals surface area contributed by atoms with Gasteiger partial charge in [0, 0.05) is 6.04 Å². The van der Waals surface area contributed by atoms with Gasteiger partial charge in [0.05, 0.1) is 0 Å². The van der Waals surface area contributed by atoms with Gasteiger partial charge in [0.25, 0.3) is 0 Å². The van der Waals surface area contributed by atoms with Crippen LogP contribution >= 0.6 is 0 Å². The first-order chi connectivity index (χ1) is 9.25. The van der Waals surface area contributed by atoms with Crippen LogP contribution in [0.15, 0.2) is 30.3 Å². The molecule has 1 aromatic rings. The zero-order valence-electron chi connectivity index (χ0n) is 11.6. The molecule has 3 heteroatoms. The lowest BCUT2D eigenvalue weighted by atomic mass is 9.85. The van der Waals surface area contributed by atoms with Crippen LogP contribution in [0.2, 0.25) is 0 Å². The van der Waals surface area contributed by atoms with Crippen molar-refractivity contribution in [1.82, 2.24) is 5.32 Å². The van der Waals surface area contributed by atoms with E-state index in [0.717, 1.165) is 5.56 Å². The molecular formula is C16H23NO2. The molecule has 0 aliphatic heterocycles. The van der Waals surface area contributed by atoms with Crippen LogP contribution in [0.25, 0.3) is 0 Å². The van der Waals surface area contributed by atoms with Crippen molar-refractivity contribution in [3.63, 3.8) is 0 Å². The summed E-state index contributed by atoms with van der Waals surface area (Å²) >= 11 is 0. The smallest absolute Gasteiger partial charge is 0.407 e. The predicted octanol–water partition coefficient (Wildman–Crippen LogP) is 3.88. The maximum Gasteiger partial charge on any atom is 0.407 e. The van der Waals surface area contributed by atoms with Gasteiger partial charge in [-0.25, -0.2) is 4.79 Å². The molecular weight excluding hydrogens is 238 g/mol. The summed E-state index contributed by atoms with van der Waals surface area (Å²) < 4.78 is 5.24. The molecule has 0 heterocycles. The third-order valence-electron chi connectivity index (χ3n) is 3.92. The maximum atomic E-state index is 11.7. The van der Waals surface area contributed by atoms with Crippen LogP contribution < -0.4 is 5.32 Å². The number of ether oxygens (including phenoxy) is 1. The fourth-order valence-electron chi connectivity index (χ4n) is 2.70. The minimum absolute atomic E-state index is 0.212. The molecule has 19 heavy (non-hydrogen) atoms. The molecule has 1 unspecified atom stereocenters. The van der Waals surface area contributed by atoms with Crippen molar-refractivity contribution in [2.24, 2.45) is 5.92 Å². The summed E-state index contributed by atoms with van der Waals surface area (Å²) in [6, 6.07) is 9.97. The van der Waals surface area contributed by atoms with Crippen molar-refractivity contribution < 1.29 is 9.53 Å². The second kappa shape index (κ2) is 7.17. The Morgan fingerprint density at radius 1 is 1.26 bits per heavy atom. The third-order valence-corrected chi connectivity index (χ3v) is 3.92. The van der Waals surface area contributed by atoms with Gasteiger partial charge in [0.1, 0.15) is 6.61 Å². The van der Waals surface area contributed by atoms with E-state index in [0.29, 0.717) is 12.5 Å². The van der Waals surface area contributed by atoms with Gasteiger partial charge in [-0.1, -0.05) is 49.6 Å². The number of amides is 1. The van der Waals surface area contributed by atoms with Crippen molar-refractivity contribution in [3.05, 3.63) is 35.9 Å². The molecule has 0 radical (unpaired) electrons. The normalized spacial score (nSPS) is 17.7. The number of carbonyl (C=O) groups excluding carboxylic acids is 1. The van der Waals surface area contributed by atoms with Crippen LogP contribution in [0, 0.1) is 5.92 Å². The number of hydrogen-bond acceptors (Lipinski definition) is 2. The molecule has 1 atom stereocenters. The Labute approximate surface area is 115 Å². The first kappa shape index (κ1) is 13.9. The Kier molecular flexibility index (Phi) is 5.25. The van der Waals surface area contributed by atoms with Crippen LogP contribution in [-0.4, -0.2) is 12.1 Å². The van der Waals surface area contributed by atoms with Gasteiger partial charge < -0.3 is 10.1 Å². The van der Waals surface area contributed by atoms with Gasteiger partial charge in [-0.3, -0.25) is 0 Å². The molecule has 3 nitrogen and oxygen atoms in total. The Morgan fingerprint density at radius 3 is 2.63 bits per heavy atom. The van der Waals surface area contributed by atoms with Gasteiger partial charge in [0.2, 0.25) is 0 Å². The highest BCUT2D eigenvalue weighted by atomic mass is 16.5. The lowest BCUT2D eigenvalue weighted by molar-refractivity contribution is 0.130. The topological polar surface area (TPSA) is 38.3 Å². The standard InChI is InChI=1S/C16H23NO2/c1-13(15-10-6-3-7-11-15)17-16(18)19-12-14-8-4-2-5-9-14/h2,4-5,8-9,13,15H,3,6-7,10-12H2,1H3,(H,17,18). The fourth-order valence-corrected chi connectivity index (χ4v) is 2.70. The summed E-state index contributed by atoms with van der Waals surface area (Å²) in [7, 11) is 0. The van der Waals surface area contributed by atoms with Crippen molar-refractivity contribution >= 4 is 6.09 Å². The second-order valence-electron chi connectivity index (χ2n) is 5.39. The molecule has 0 bridgehead atoms. The minimum Gasteiger partial charge on any atom is -0.445 e. The van der Waals surface area contributed by atoms with Gasteiger partial charge in [-0.05, 0) is 31.2 Å². The van der Waals surface area contributed by atoms with Crippen molar-refractivity contribution in [2.45, 2.75) is 51.7 Å². The Morgan fingerprint density at radius 2 is 1.95 bits per heavy atom. The molecule has 1 aliphatic carbocycles. The first-order valence-electron chi connectivity index (χ1n) is 7.23. The SMILES string of the molecule is CC(NC(=O)OCc1ccccc1)C1CCCCC1. The monoisotopic (exact) mass is 261 g/mol. The number of hydrogen-bond donors (Lipinski definition) is 1. The van der Waals surface area contributed by atoms with E-state index >= 15 is 0 Å². The fraction of sp³-hybridized carbons (Fsp3) is 0.562. The molecule has 1 N–H and O–H groups in total. The van der Waals surface area contributed by atoms with Gasteiger partial charge in [-0.2, -0.15) is 0 Å². The number of benzene rings is 1. The van der Waals surface area contributed by atoms with Crippen LogP contribution in [0.3, 0.4) is 0 Å². The van der Waals surface area contributed by atoms with Crippen LogP contribution in [0.1, 0.15) is 44.6 Å². The molecule has 1 saturated carbocycles. The molecule has 0 saturated heterocycles. The summed E-state index contributed by atoms with van der Waals surface area (Å²) in [5.41, 5.74) is 1.02. The molecule has 0 spiro atoms. The zero-order valence-corrected chi connectivity index (χ0v) is 11.6. The molecule has 1 aromatic carbocycles. The molecule has 1 aliphatic rings. The Balaban J connectivity index is 1.71. The molecule has 104 valence electrons. The van der Waals surface area contributed by atoms with Crippen LogP contribution in [0.4, 0.5) is 4.79 Å². The van der Waals surface area contributed by atoms with E-state index in [1.807, 2.05) is 30.3 Å². The minimum atomic E-state index is -0.304. The van der Waals surface area contributed by atoms with E-state index in [-0.39, 0.29) is 12.1 Å². The predicted molar refractivity (Wildman–Crippen MR) is 75.8 cm³/mol. The lowest BCUT2D eigenvalue weighted by Gasteiger charge is -2.27. The second-order valence-corrected chi connectivity index (χ2v) is 5.39. The highest BCUT2D eigenvalue weighted by Gasteiger charge is 2.21. The summed E-state index contributed by atoms with van der Waals surface area (Å²) in [4.78, 5) is 11.7. The molecule has 2 rings (SSSR count). The third kappa shape index (κ3) is 4.58. The highest BCUT2D eigenvalue weighted by Crippen LogP contribution is 2.26. The quantitative estimate of drug-likeness (QED) is 0.893. The van der Waals surface area contributed by atoms with E-state index in [1.54, 1.807) is 0 Å². The van der Waals surface area contributed by atoms with E-state index in [1.165, 1.54) is 32.1 Å². The molecule has 1 amide bonds. The number of rotatable bonds is 4. The summed E-state index contributed by atoms with van der Waals surface area (Å²) in [5.74, 6) is 0.609. The first-order valence-corrected chi connectivity index (χ1v) is 7.23. The number of carbonyl (C=O) groups is 1. The van der Waals surface area contributed by atoms with Crippen LogP contribution in [0.5, 0.6) is 0 Å². The van der Waals surface area contributed by atoms with Crippen molar-refractivity contribution in [2.75, 3.05) is 0 Å². The van der Waals surface area contributed by atoms with E-state index < -0.39 is 0 Å². The molecule has 1 fully saturated rings. The molecule has 0 aromatic heterocycles. The number of alkyl carbamates (subject to hydrolysis) is 1. The summed E-state index contributed by atoms with van der Waals surface area (Å²) in [6.45, 7) is 2.42. The lowest BCUT2D eigenvalue weighted by Crippen LogP contribution is -2.39. The van der Waals surface area contributed by atoms with Crippen LogP contribution in [-0.2, 0) is 11.3 Å². The van der Waals surface area contributed by atoms with E-state index in [9.17, 15) is 4.79 Å². The Hall–Kier alpha value is -1.51. The van der Waals surface area contributed by atoms with Gasteiger partial charge in [-0.15, -0.1) is 0 Å². The highest BCUT2D eigenvalue weighted by molar-refractivity contribution is 5.67. The number of nitrogens with one attached hydrogen (secondary N) is 1. The Bertz CT molecular complexity index is 385. The van der Waals surface area contributed by atoms with E-state index in [2.05, 4.69) is 12.2 Å². The average Bonchev–Trinajstić information content (AvgIpc) is 2.47. The maximum absolute atomic E-state index is 11.7.